The minimum atomic E-state index is -0.276. The van der Waals surface area contributed by atoms with Gasteiger partial charge in [-0.05, 0) is 31.2 Å². The highest BCUT2D eigenvalue weighted by molar-refractivity contribution is 6.02. The number of carbonyl (C=O) groups excluding carboxylic acids is 1. The molecule has 0 saturated carbocycles. The van der Waals surface area contributed by atoms with Crippen LogP contribution in [0.3, 0.4) is 0 Å². The third kappa shape index (κ3) is 3.42. The van der Waals surface area contributed by atoms with Crippen molar-refractivity contribution in [2.24, 2.45) is 0 Å². The monoisotopic (exact) mass is 259 g/mol. The lowest BCUT2D eigenvalue weighted by Crippen LogP contribution is -2.18. The highest BCUT2D eigenvalue weighted by Crippen LogP contribution is 2.17. The molecule has 100 valence electrons. The molecular formula is C14H17N3O2. The molecule has 0 radical (unpaired) electrons. The van der Waals surface area contributed by atoms with E-state index in [-0.39, 0.29) is 17.6 Å². The number of nitrogens with one attached hydrogen (secondary N) is 2. The van der Waals surface area contributed by atoms with Crippen LogP contribution in [-0.2, 0) is 0 Å². The SMILES string of the molecule is CCNC(C)c1cccc(NC(=O)c2ccon2)c1. The summed E-state index contributed by atoms with van der Waals surface area (Å²) >= 11 is 0. The molecule has 1 amide bonds. The number of benzene rings is 1. The van der Waals surface area contributed by atoms with E-state index >= 15 is 0 Å². The Hall–Kier alpha value is -2.14. The molecule has 2 N–H and O–H groups in total. The summed E-state index contributed by atoms with van der Waals surface area (Å²) in [6, 6.07) is 9.51. The average molecular weight is 259 g/mol. The molecule has 2 rings (SSSR count). The van der Waals surface area contributed by atoms with Gasteiger partial charge in [-0.2, -0.15) is 0 Å². The number of nitrogens with zero attached hydrogens (tertiary/aromatic N) is 1. The van der Waals surface area contributed by atoms with Gasteiger partial charge in [-0.3, -0.25) is 4.79 Å². The van der Waals surface area contributed by atoms with Crippen LogP contribution >= 0.6 is 0 Å². The molecule has 1 heterocycles. The lowest BCUT2D eigenvalue weighted by atomic mass is 10.1. The van der Waals surface area contributed by atoms with E-state index in [9.17, 15) is 4.79 Å². The Morgan fingerprint density at radius 2 is 2.26 bits per heavy atom. The van der Waals surface area contributed by atoms with Crippen molar-refractivity contribution in [3.63, 3.8) is 0 Å². The van der Waals surface area contributed by atoms with Crippen LogP contribution in [0.2, 0.25) is 0 Å². The van der Waals surface area contributed by atoms with E-state index in [0.717, 1.165) is 17.8 Å². The molecule has 0 aliphatic rings. The van der Waals surface area contributed by atoms with Gasteiger partial charge in [0, 0.05) is 17.8 Å². The van der Waals surface area contributed by atoms with Gasteiger partial charge in [0.05, 0.1) is 0 Å². The van der Waals surface area contributed by atoms with Crippen LogP contribution in [-0.4, -0.2) is 17.6 Å². The van der Waals surface area contributed by atoms with E-state index in [2.05, 4.69) is 34.2 Å². The van der Waals surface area contributed by atoms with E-state index in [1.165, 1.54) is 12.3 Å². The number of rotatable bonds is 5. The quantitative estimate of drug-likeness (QED) is 0.866. The summed E-state index contributed by atoms with van der Waals surface area (Å²) in [7, 11) is 0. The van der Waals surface area contributed by atoms with Crippen LogP contribution < -0.4 is 10.6 Å². The molecule has 0 fully saturated rings. The van der Waals surface area contributed by atoms with Crippen LogP contribution in [0.15, 0.2) is 41.1 Å². The fourth-order valence-corrected chi connectivity index (χ4v) is 1.83. The Labute approximate surface area is 112 Å². The van der Waals surface area contributed by atoms with Crippen molar-refractivity contribution in [2.45, 2.75) is 19.9 Å². The number of anilines is 1. The van der Waals surface area contributed by atoms with Gasteiger partial charge in [0.25, 0.3) is 5.91 Å². The molecule has 1 atom stereocenters. The maximum absolute atomic E-state index is 11.8. The highest BCUT2D eigenvalue weighted by Gasteiger charge is 2.10. The summed E-state index contributed by atoms with van der Waals surface area (Å²) < 4.78 is 4.65. The second-order valence-electron chi connectivity index (χ2n) is 4.24. The summed E-state index contributed by atoms with van der Waals surface area (Å²) in [6.07, 6.45) is 1.37. The second-order valence-corrected chi connectivity index (χ2v) is 4.24. The highest BCUT2D eigenvalue weighted by atomic mass is 16.5. The molecule has 1 aromatic heterocycles. The zero-order valence-corrected chi connectivity index (χ0v) is 11.0. The standard InChI is InChI=1S/C14H17N3O2/c1-3-15-10(2)11-5-4-6-12(9-11)16-14(18)13-7-8-19-17-13/h4-10,15H,3H2,1-2H3,(H,16,18). The van der Waals surface area contributed by atoms with Crippen molar-refractivity contribution in [3.05, 3.63) is 47.9 Å². The Bertz CT molecular complexity index is 537. The van der Waals surface area contributed by atoms with Gasteiger partial charge in [-0.25, -0.2) is 0 Å². The van der Waals surface area contributed by atoms with Crippen LogP contribution in [0.4, 0.5) is 5.69 Å². The average Bonchev–Trinajstić information content (AvgIpc) is 2.93. The Morgan fingerprint density at radius 3 is 2.95 bits per heavy atom. The molecule has 0 aliphatic heterocycles. The molecule has 0 saturated heterocycles. The number of carbonyl (C=O) groups is 1. The maximum Gasteiger partial charge on any atom is 0.277 e. The fourth-order valence-electron chi connectivity index (χ4n) is 1.83. The van der Waals surface area contributed by atoms with Gasteiger partial charge in [0.15, 0.2) is 5.69 Å². The third-order valence-electron chi connectivity index (χ3n) is 2.83. The van der Waals surface area contributed by atoms with Gasteiger partial charge < -0.3 is 15.2 Å². The first-order chi connectivity index (χ1) is 9.20. The van der Waals surface area contributed by atoms with E-state index < -0.39 is 0 Å². The van der Waals surface area contributed by atoms with E-state index in [0.29, 0.717) is 0 Å². The number of hydrogen-bond acceptors (Lipinski definition) is 4. The maximum atomic E-state index is 11.8. The summed E-state index contributed by atoms with van der Waals surface area (Å²) in [6.45, 7) is 5.05. The first-order valence-corrected chi connectivity index (χ1v) is 6.25. The van der Waals surface area contributed by atoms with E-state index in [4.69, 9.17) is 0 Å². The van der Waals surface area contributed by atoms with Crippen LogP contribution in [0.25, 0.3) is 0 Å². The molecule has 19 heavy (non-hydrogen) atoms. The van der Waals surface area contributed by atoms with Crippen molar-refractivity contribution < 1.29 is 9.32 Å². The van der Waals surface area contributed by atoms with Gasteiger partial charge in [0.2, 0.25) is 0 Å². The van der Waals surface area contributed by atoms with Gasteiger partial charge in [-0.15, -0.1) is 0 Å². The lowest BCUT2D eigenvalue weighted by molar-refractivity contribution is 0.101. The molecule has 0 bridgehead atoms. The molecule has 5 nitrogen and oxygen atoms in total. The zero-order chi connectivity index (χ0) is 13.7. The molecule has 5 heteroatoms. The minimum absolute atomic E-state index is 0.244. The van der Waals surface area contributed by atoms with Crippen molar-refractivity contribution in [1.82, 2.24) is 10.5 Å². The predicted molar refractivity (Wildman–Crippen MR) is 73.0 cm³/mol. The largest absolute Gasteiger partial charge is 0.364 e. The zero-order valence-electron chi connectivity index (χ0n) is 11.0. The van der Waals surface area contributed by atoms with Crippen molar-refractivity contribution in [2.75, 3.05) is 11.9 Å². The number of amides is 1. The number of hydrogen-bond donors (Lipinski definition) is 2. The van der Waals surface area contributed by atoms with E-state index in [1.807, 2.05) is 24.3 Å². The lowest BCUT2D eigenvalue weighted by Gasteiger charge is -2.14. The Morgan fingerprint density at radius 1 is 1.42 bits per heavy atom. The summed E-state index contributed by atoms with van der Waals surface area (Å²) in [4.78, 5) is 11.8. The van der Waals surface area contributed by atoms with Crippen LogP contribution in [0, 0.1) is 0 Å². The van der Waals surface area contributed by atoms with Crippen molar-refractivity contribution in [3.8, 4) is 0 Å². The molecular weight excluding hydrogens is 242 g/mol. The fraction of sp³-hybridized carbons (Fsp3) is 0.286. The third-order valence-corrected chi connectivity index (χ3v) is 2.83. The van der Waals surface area contributed by atoms with Crippen molar-refractivity contribution >= 4 is 11.6 Å². The first-order valence-electron chi connectivity index (χ1n) is 6.25. The van der Waals surface area contributed by atoms with Gasteiger partial charge >= 0.3 is 0 Å². The second kappa shape index (κ2) is 6.15. The normalized spacial score (nSPS) is 12.1. The van der Waals surface area contributed by atoms with Crippen LogP contribution in [0.1, 0.15) is 35.9 Å². The smallest absolute Gasteiger partial charge is 0.277 e. The molecule has 0 spiro atoms. The Balaban J connectivity index is 2.09. The van der Waals surface area contributed by atoms with E-state index in [1.54, 1.807) is 0 Å². The minimum Gasteiger partial charge on any atom is -0.364 e. The summed E-state index contributed by atoms with van der Waals surface area (Å²) in [5, 5.41) is 9.72. The topological polar surface area (TPSA) is 67.2 Å². The first kappa shape index (κ1) is 13.3. The predicted octanol–water partition coefficient (Wildman–Crippen LogP) is 2.60. The van der Waals surface area contributed by atoms with Gasteiger partial charge in [-0.1, -0.05) is 24.2 Å². The molecule has 0 aliphatic carbocycles. The van der Waals surface area contributed by atoms with Gasteiger partial charge in [0.1, 0.15) is 6.26 Å². The summed E-state index contributed by atoms with van der Waals surface area (Å²) in [5.41, 5.74) is 2.14. The summed E-state index contributed by atoms with van der Waals surface area (Å²) in [5.74, 6) is -0.276. The van der Waals surface area contributed by atoms with Crippen molar-refractivity contribution in [1.29, 1.82) is 0 Å². The molecule has 1 aromatic carbocycles. The van der Waals surface area contributed by atoms with Crippen LogP contribution in [0.5, 0.6) is 0 Å². The molecule has 1 unspecified atom stereocenters. The number of aromatic nitrogens is 1. The molecule has 2 aromatic rings. The Kier molecular flexibility index (Phi) is 4.30.